The van der Waals surface area contributed by atoms with E-state index in [0.29, 0.717) is 37.5 Å². The Labute approximate surface area is 223 Å². The van der Waals surface area contributed by atoms with E-state index in [0.717, 1.165) is 23.1 Å². The van der Waals surface area contributed by atoms with Gasteiger partial charge in [0.05, 0.1) is 11.9 Å². The van der Waals surface area contributed by atoms with Gasteiger partial charge >= 0.3 is 0 Å². The number of carbonyl (C=O) groups excluding carboxylic acids is 2. The molecule has 0 aliphatic heterocycles. The average Bonchev–Trinajstić information content (AvgIpc) is 2.85. The van der Waals surface area contributed by atoms with Crippen molar-refractivity contribution in [2.45, 2.75) is 72.9 Å². The van der Waals surface area contributed by atoms with Crippen molar-refractivity contribution in [2.75, 3.05) is 23.7 Å². The second-order valence-corrected chi connectivity index (χ2v) is 11.9. The fourth-order valence-electron chi connectivity index (χ4n) is 4.21. The first-order valence-electron chi connectivity index (χ1n) is 13.2. The van der Waals surface area contributed by atoms with Crippen LogP contribution < -0.4 is 9.62 Å². The van der Waals surface area contributed by atoms with E-state index in [2.05, 4.69) is 5.32 Å². The van der Waals surface area contributed by atoms with E-state index in [1.165, 1.54) is 10.6 Å². The zero-order valence-electron chi connectivity index (χ0n) is 23.2. The number of carbonyl (C=O) groups is 2. The molecule has 204 valence electrons. The molecule has 0 saturated carbocycles. The molecule has 0 radical (unpaired) electrons. The van der Waals surface area contributed by atoms with Gasteiger partial charge in [0.15, 0.2) is 0 Å². The van der Waals surface area contributed by atoms with Gasteiger partial charge < -0.3 is 10.2 Å². The molecule has 0 aliphatic carbocycles. The van der Waals surface area contributed by atoms with Crippen molar-refractivity contribution in [2.24, 2.45) is 5.92 Å². The van der Waals surface area contributed by atoms with Gasteiger partial charge in [-0.1, -0.05) is 64.1 Å². The molecule has 0 bridgehead atoms. The molecule has 0 aromatic heterocycles. The van der Waals surface area contributed by atoms with Crippen molar-refractivity contribution in [3.05, 3.63) is 65.2 Å². The van der Waals surface area contributed by atoms with Crippen molar-refractivity contribution >= 4 is 27.5 Å². The quantitative estimate of drug-likeness (QED) is 0.385. The van der Waals surface area contributed by atoms with Crippen LogP contribution in [0.25, 0.3) is 0 Å². The lowest BCUT2D eigenvalue weighted by atomic mass is 10.0. The van der Waals surface area contributed by atoms with Crippen molar-refractivity contribution < 1.29 is 18.0 Å². The van der Waals surface area contributed by atoms with Crippen LogP contribution in [-0.4, -0.2) is 50.5 Å². The van der Waals surface area contributed by atoms with Crippen LogP contribution >= 0.6 is 0 Å². The highest BCUT2D eigenvalue weighted by atomic mass is 32.2. The summed E-state index contributed by atoms with van der Waals surface area (Å²) in [4.78, 5) is 28.2. The van der Waals surface area contributed by atoms with E-state index >= 15 is 0 Å². The first-order valence-corrected chi connectivity index (χ1v) is 15.0. The zero-order chi connectivity index (χ0) is 27.6. The van der Waals surface area contributed by atoms with E-state index in [1.807, 2.05) is 71.0 Å². The van der Waals surface area contributed by atoms with Gasteiger partial charge in [-0.15, -0.1) is 0 Å². The summed E-state index contributed by atoms with van der Waals surface area (Å²) >= 11 is 0. The lowest BCUT2D eigenvalue weighted by molar-refractivity contribution is -0.141. The van der Waals surface area contributed by atoms with Crippen LogP contribution in [0.2, 0.25) is 0 Å². The maximum absolute atomic E-state index is 13.5. The minimum atomic E-state index is -3.52. The summed E-state index contributed by atoms with van der Waals surface area (Å²) in [5.74, 6) is -0.0214. The second kappa shape index (κ2) is 14.2. The molecule has 7 nitrogen and oxygen atoms in total. The SMILES string of the molecule is CCc1ccc(N(CCCC(=O)N(Cc2ccccc2C)[C@@H](CC)C(=O)NCC(C)C)S(C)(=O)=O)cc1. The number of sulfonamides is 1. The van der Waals surface area contributed by atoms with Crippen LogP contribution in [0.4, 0.5) is 5.69 Å². The molecule has 0 unspecified atom stereocenters. The Kier molecular flexibility index (Phi) is 11.6. The number of aryl methyl sites for hydroxylation is 2. The maximum Gasteiger partial charge on any atom is 0.242 e. The molecule has 2 amide bonds. The summed E-state index contributed by atoms with van der Waals surface area (Å²) in [5.41, 5.74) is 3.75. The first kappa shape index (κ1) is 30.4. The Morgan fingerprint density at radius 2 is 1.65 bits per heavy atom. The number of hydrogen-bond acceptors (Lipinski definition) is 4. The number of rotatable bonds is 14. The van der Waals surface area contributed by atoms with Gasteiger partial charge in [0.1, 0.15) is 6.04 Å². The van der Waals surface area contributed by atoms with Gasteiger partial charge in [-0.3, -0.25) is 13.9 Å². The summed E-state index contributed by atoms with van der Waals surface area (Å²) in [6.07, 6.45) is 3.02. The Morgan fingerprint density at radius 1 is 1.00 bits per heavy atom. The molecule has 0 spiro atoms. The molecule has 0 saturated heterocycles. The summed E-state index contributed by atoms with van der Waals surface area (Å²) in [6.45, 7) is 11.1. The second-order valence-electron chi connectivity index (χ2n) is 9.97. The van der Waals surface area contributed by atoms with Crippen LogP contribution in [0.5, 0.6) is 0 Å². The van der Waals surface area contributed by atoms with Crippen LogP contribution in [0.15, 0.2) is 48.5 Å². The molecule has 8 heteroatoms. The lowest BCUT2D eigenvalue weighted by Crippen LogP contribution is -2.49. The topological polar surface area (TPSA) is 86.8 Å². The van der Waals surface area contributed by atoms with Crippen molar-refractivity contribution in [3.63, 3.8) is 0 Å². The molecule has 2 rings (SSSR count). The summed E-state index contributed by atoms with van der Waals surface area (Å²) in [5, 5.41) is 2.97. The van der Waals surface area contributed by atoms with Crippen LogP contribution in [0.3, 0.4) is 0 Å². The smallest absolute Gasteiger partial charge is 0.242 e. The lowest BCUT2D eigenvalue weighted by Gasteiger charge is -2.31. The zero-order valence-corrected chi connectivity index (χ0v) is 24.0. The third kappa shape index (κ3) is 9.18. The summed E-state index contributed by atoms with van der Waals surface area (Å²) in [6, 6.07) is 14.7. The number of amides is 2. The predicted molar refractivity (Wildman–Crippen MR) is 151 cm³/mol. The maximum atomic E-state index is 13.5. The Balaban J connectivity index is 2.21. The van der Waals surface area contributed by atoms with Crippen LogP contribution in [0.1, 0.15) is 63.6 Å². The minimum absolute atomic E-state index is 0.138. The molecule has 2 aromatic carbocycles. The van der Waals surface area contributed by atoms with Crippen molar-refractivity contribution in [1.29, 1.82) is 0 Å². The fourth-order valence-corrected chi connectivity index (χ4v) is 5.18. The summed E-state index contributed by atoms with van der Waals surface area (Å²) in [7, 11) is -3.52. The van der Waals surface area contributed by atoms with E-state index < -0.39 is 16.1 Å². The molecule has 2 aromatic rings. The average molecular weight is 530 g/mol. The molecule has 0 heterocycles. The molecule has 1 atom stereocenters. The normalized spacial score (nSPS) is 12.3. The van der Waals surface area contributed by atoms with Crippen LogP contribution in [-0.2, 0) is 32.6 Å². The van der Waals surface area contributed by atoms with Gasteiger partial charge in [-0.05, 0) is 60.9 Å². The first-order chi connectivity index (χ1) is 17.5. The number of nitrogens with zero attached hydrogens (tertiary/aromatic N) is 2. The van der Waals surface area contributed by atoms with E-state index in [9.17, 15) is 18.0 Å². The standard InChI is InChI=1S/C29H43N3O4S/c1-7-24-15-17-26(18-16-24)32(37(6,35)36)19-11-14-28(33)31(21-25-13-10-9-12-23(25)5)27(8-2)29(34)30-20-22(3)4/h9-10,12-13,15-18,22,27H,7-8,11,14,19-21H2,1-6H3,(H,30,34)/t27-/m0/s1. The van der Waals surface area contributed by atoms with E-state index in [4.69, 9.17) is 0 Å². The minimum Gasteiger partial charge on any atom is -0.354 e. The van der Waals surface area contributed by atoms with Crippen LogP contribution in [0, 0.1) is 12.8 Å². The van der Waals surface area contributed by atoms with Gasteiger partial charge in [0.2, 0.25) is 21.8 Å². The highest BCUT2D eigenvalue weighted by molar-refractivity contribution is 7.92. The molecule has 0 aliphatic rings. The predicted octanol–water partition coefficient (Wildman–Crippen LogP) is 4.68. The molecule has 0 fully saturated rings. The van der Waals surface area contributed by atoms with Gasteiger partial charge in [0.25, 0.3) is 0 Å². The number of anilines is 1. The number of hydrogen-bond donors (Lipinski definition) is 1. The summed E-state index contributed by atoms with van der Waals surface area (Å²) < 4.78 is 26.4. The van der Waals surface area contributed by atoms with Crippen molar-refractivity contribution in [3.8, 4) is 0 Å². The van der Waals surface area contributed by atoms with E-state index in [1.54, 1.807) is 17.0 Å². The Bertz CT molecular complexity index is 1130. The molecule has 37 heavy (non-hydrogen) atoms. The largest absolute Gasteiger partial charge is 0.354 e. The van der Waals surface area contributed by atoms with Gasteiger partial charge in [0, 0.05) is 26.1 Å². The fraction of sp³-hybridized carbons (Fsp3) is 0.517. The van der Waals surface area contributed by atoms with Gasteiger partial charge in [-0.25, -0.2) is 8.42 Å². The third-order valence-electron chi connectivity index (χ3n) is 6.46. The Morgan fingerprint density at radius 3 is 2.19 bits per heavy atom. The monoisotopic (exact) mass is 529 g/mol. The third-order valence-corrected chi connectivity index (χ3v) is 7.65. The molecular formula is C29H43N3O4S. The number of benzene rings is 2. The Hall–Kier alpha value is -2.87. The highest BCUT2D eigenvalue weighted by Crippen LogP contribution is 2.21. The van der Waals surface area contributed by atoms with Crippen molar-refractivity contribution in [1.82, 2.24) is 10.2 Å². The molecule has 1 N–H and O–H groups in total. The highest BCUT2D eigenvalue weighted by Gasteiger charge is 2.29. The number of nitrogens with one attached hydrogen (secondary N) is 1. The van der Waals surface area contributed by atoms with Gasteiger partial charge in [-0.2, -0.15) is 0 Å². The van der Waals surface area contributed by atoms with E-state index in [-0.39, 0.29) is 24.8 Å². The molecular weight excluding hydrogens is 486 g/mol.